The van der Waals surface area contributed by atoms with Crippen LogP contribution in [-0.4, -0.2) is 20.9 Å². The van der Waals surface area contributed by atoms with Crippen LogP contribution in [0.15, 0.2) is 29.1 Å². The van der Waals surface area contributed by atoms with Crippen molar-refractivity contribution in [2.24, 2.45) is 0 Å². The normalized spacial score (nSPS) is 10.9. The van der Waals surface area contributed by atoms with Crippen LogP contribution in [0.2, 0.25) is 0 Å². The van der Waals surface area contributed by atoms with Crippen molar-refractivity contribution in [1.29, 1.82) is 0 Å². The Hall–Kier alpha value is -1.42. The predicted octanol–water partition coefficient (Wildman–Crippen LogP) is 2.59. The molecule has 1 aromatic heterocycles. The number of halogens is 1. The maximum absolute atomic E-state index is 12.1. The van der Waals surface area contributed by atoms with E-state index in [0.29, 0.717) is 23.3 Å². The molecule has 0 saturated carbocycles. The molecule has 0 aliphatic carbocycles. The molecule has 96 valence electrons. The molecular formula is C13H16ClN3O. The van der Waals surface area contributed by atoms with E-state index < -0.39 is 0 Å². The molecule has 0 saturated heterocycles. The van der Waals surface area contributed by atoms with E-state index in [-0.39, 0.29) is 5.56 Å². The van der Waals surface area contributed by atoms with Crippen LogP contribution < -0.4 is 5.56 Å². The standard InChI is InChI=1S/C13H16ClN3O/c14-9-5-1-2-6-10-17-13(18)11-7-3-4-8-12(11)15-16-17/h3-4,7-8H,1-2,5-6,9-10H2. The minimum atomic E-state index is -0.0575. The molecule has 5 heteroatoms. The Kier molecular flexibility index (Phi) is 4.70. The maximum Gasteiger partial charge on any atom is 0.277 e. The third kappa shape index (κ3) is 3.07. The summed E-state index contributed by atoms with van der Waals surface area (Å²) in [6.07, 6.45) is 4.12. The Labute approximate surface area is 111 Å². The maximum atomic E-state index is 12.1. The highest BCUT2D eigenvalue weighted by molar-refractivity contribution is 6.17. The van der Waals surface area contributed by atoms with Crippen LogP contribution >= 0.6 is 11.6 Å². The quantitative estimate of drug-likeness (QED) is 0.596. The van der Waals surface area contributed by atoms with Gasteiger partial charge in [0.15, 0.2) is 0 Å². The number of aryl methyl sites for hydroxylation is 1. The van der Waals surface area contributed by atoms with Crippen LogP contribution in [0.25, 0.3) is 10.9 Å². The number of fused-ring (bicyclic) bond motifs is 1. The highest BCUT2D eigenvalue weighted by atomic mass is 35.5. The topological polar surface area (TPSA) is 47.8 Å². The van der Waals surface area contributed by atoms with E-state index in [2.05, 4.69) is 10.3 Å². The van der Waals surface area contributed by atoms with Gasteiger partial charge in [-0.2, -0.15) is 0 Å². The van der Waals surface area contributed by atoms with Gasteiger partial charge in [0.05, 0.1) is 5.39 Å². The van der Waals surface area contributed by atoms with Crippen molar-refractivity contribution in [3.05, 3.63) is 34.6 Å². The number of hydrogen-bond donors (Lipinski definition) is 0. The SMILES string of the molecule is O=c1c2ccccc2nnn1CCCCCCCl. The molecule has 2 aromatic rings. The van der Waals surface area contributed by atoms with Gasteiger partial charge in [-0.05, 0) is 25.0 Å². The lowest BCUT2D eigenvalue weighted by Gasteiger charge is -2.04. The minimum Gasteiger partial charge on any atom is -0.267 e. The Morgan fingerprint density at radius 3 is 2.72 bits per heavy atom. The molecule has 1 heterocycles. The molecule has 0 aliphatic heterocycles. The van der Waals surface area contributed by atoms with Crippen molar-refractivity contribution in [1.82, 2.24) is 15.0 Å². The van der Waals surface area contributed by atoms with Gasteiger partial charge in [0.2, 0.25) is 0 Å². The van der Waals surface area contributed by atoms with Crippen LogP contribution in [0.4, 0.5) is 0 Å². The average Bonchev–Trinajstić information content (AvgIpc) is 2.41. The third-order valence-electron chi connectivity index (χ3n) is 2.88. The Bertz CT molecular complexity index is 567. The minimum absolute atomic E-state index is 0.0575. The number of rotatable bonds is 6. The lowest BCUT2D eigenvalue weighted by Crippen LogP contribution is -2.24. The molecule has 0 amide bonds. The summed E-state index contributed by atoms with van der Waals surface area (Å²) in [6.45, 7) is 0.624. The molecular weight excluding hydrogens is 250 g/mol. The van der Waals surface area contributed by atoms with Crippen LogP contribution in [0.3, 0.4) is 0 Å². The number of hydrogen-bond acceptors (Lipinski definition) is 3. The van der Waals surface area contributed by atoms with Crippen LogP contribution in [-0.2, 0) is 6.54 Å². The van der Waals surface area contributed by atoms with Crippen LogP contribution in [0.5, 0.6) is 0 Å². The first-order valence-electron chi connectivity index (χ1n) is 6.21. The van der Waals surface area contributed by atoms with Gasteiger partial charge in [-0.1, -0.05) is 30.2 Å². The Morgan fingerprint density at radius 2 is 1.89 bits per heavy atom. The highest BCUT2D eigenvalue weighted by Crippen LogP contribution is 2.05. The zero-order valence-electron chi connectivity index (χ0n) is 10.2. The first-order chi connectivity index (χ1) is 8.83. The van der Waals surface area contributed by atoms with Crippen molar-refractivity contribution in [3.63, 3.8) is 0 Å². The number of unbranched alkanes of at least 4 members (excludes halogenated alkanes) is 3. The van der Waals surface area contributed by atoms with Gasteiger partial charge in [-0.15, -0.1) is 16.7 Å². The fourth-order valence-electron chi connectivity index (χ4n) is 1.88. The summed E-state index contributed by atoms with van der Waals surface area (Å²) in [5.41, 5.74) is 0.596. The van der Waals surface area contributed by atoms with E-state index in [1.165, 1.54) is 4.68 Å². The van der Waals surface area contributed by atoms with Gasteiger partial charge in [0.1, 0.15) is 5.52 Å². The molecule has 0 spiro atoms. The van der Waals surface area contributed by atoms with Crippen molar-refractivity contribution >= 4 is 22.5 Å². The largest absolute Gasteiger partial charge is 0.277 e. The first-order valence-corrected chi connectivity index (χ1v) is 6.75. The second kappa shape index (κ2) is 6.50. The molecule has 2 rings (SSSR count). The van der Waals surface area contributed by atoms with Crippen molar-refractivity contribution in [2.45, 2.75) is 32.2 Å². The zero-order valence-corrected chi connectivity index (χ0v) is 10.9. The molecule has 18 heavy (non-hydrogen) atoms. The fourth-order valence-corrected chi connectivity index (χ4v) is 2.07. The van der Waals surface area contributed by atoms with Crippen molar-refractivity contribution in [2.75, 3.05) is 5.88 Å². The van der Waals surface area contributed by atoms with Gasteiger partial charge >= 0.3 is 0 Å². The van der Waals surface area contributed by atoms with E-state index in [1.54, 1.807) is 12.1 Å². The van der Waals surface area contributed by atoms with E-state index in [0.717, 1.165) is 25.7 Å². The first kappa shape index (κ1) is 13.0. The third-order valence-corrected chi connectivity index (χ3v) is 3.15. The second-order valence-electron chi connectivity index (χ2n) is 4.24. The molecule has 0 fully saturated rings. The monoisotopic (exact) mass is 265 g/mol. The molecule has 0 bridgehead atoms. The predicted molar refractivity (Wildman–Crippen MR) is 73.0 cm³/mol. The summed E-state index contributed by atoms with van der Waals surface area (Å²) in [5.74, 6) is 0.704. The van der Waals surface area contributed by atoms with Gasteiger partial charge < -0.3 is 0 Å². The molecule has 0 N–H and O–H groups in total. The van der Waals surface area contributed by atoms with Gasteiger partial charge in [-0.3, -0.25) is 4.79 Å². The summed E-state index contributed by atoms with van der Waals surface area (Å²) in [5, 5.41) is 8.63. The summed E-state index contributed by atoms with van der Waals surface area (Å²) < 4.78 is 1.45. The number of benzene rings is 1. The second-order valence-corrected chi connectivity index (χ2v) is 4.62. The summed E-state index contributed by atoms with van der Waals surface area (Å²) in [4.78, 5) is 12.1. The molecule has 4 nitrogen and oxygen atoms in total. The summed E-state index contributed by atoms with van der Waals surface area (Å²) in [7, 11) is 0. The van der Waals surface area contributed by atoms with Gasteiger partial charge in [0, 0.05) is 12.4 Å². The summed E-state index contributed by atoms with van der Waals surface area (Å²) >= 11 is 5.61. The number of nitrogens with zero attached hydrogens (tertiary/aromatic N) is 3. The van der Waals surface area contributed by atoms with Crippen LogP contribution in [0.1, 0.15) is 25.7 Å². The average molecular weight is 266 g/mol. The Morgan fingerprint density at radius 1 is 1.11 bits per heavy atom. The van der Waals surface area contributed by atoms with Crippen molar-refractivity contribution in [3.8, 4) is 0 Å². The van der Waals surface area contributed by atoms with Gasteiger partial charge in [0.25, 0.3) is 5.56 Å². The van der Waals surface area contributed by atoms with E-state index in [4.69, 9.17) is 11.6 Å². The lowest BCUT2D eigenvalue weighted by atomic mass is 10.2. The van der Waals surface area contributed by atoms with E-state index in [1.807, 2.05) is 12.1 Å². The fraction of sp³-hybridized carbons (Fsp3) is 0.462. The Balaban J connectivity index is 2.05. The number of aromatic nitrogens is 3. The van der Waals surface area contributed by atoms with Crippen molar-refractivity contribution < 1.29 is 0 Å². The van der Waals surface area contributed by atoms with E-state index >= 15 is 0 Å². The zero-order chi connectivity index (χ0) is 12.8. The van der Waals surface area contributed by atoms with E-state index in [9.17, 15) is 4.79 Å². The molecule has 1 aromatic carbocycles. The smallest absolute Gasteiger partial charge is 0.267 e. The molecule has 0 unspecified atom stereocenters. The highest BCUT2D eigenvalue weighted by Gasteiger charge is 2.04. The molecule has 0 aliphatic rings. The summed E-state index contributed by atoms with van der Waals surface area (Å²) in [6, 6.07) is 7.29. The molecule has 0 atom stereocenters. The van der Waals surface area contributed by atoms with Crippen LogP contribution in [0, 0.1) is 0 Å². The molecule has 0 radical (unpaired) electrons. The van der Waals surface area contributed by atoms with Gasteiger partial charge in [-0.25, -0.2) is 4.68 Å². The number of alkyl halides is 1. The lowest BCUT2D eigenvalue weighted by molar-refractivity contribution is 0.502.